The zero-order valence-corrected chi connectivity index (χ0v) is 10.9. The Morgan fingerprint density at radius 1 is 1.29 bits per heavy atom. The molecule has 2 aliphatic heterocycles. The molecule has 4 heteroatoms. The summed E-state index contributed by atoms with van der Waals surface area (Å²) < 4.78 is 4.94. The molecule has 0 amide bonds. The van der Waals surface area contributed by atoms with E-state index in [1.165, 1.54) is 33.0 Å². The van der Waals surface area contributed by atoms with Gasteiger partial charge < -0.3 is 15.0 Å². The predicted molar refractivity (Wildman–Crippen MR) is 66.7 cm³/mol. The molecule has 1 N–H and O–H groups in total. The Balaban J connectivity index is 1.98. The number of nitrogens with zero attached hydrogens (tertiary/aromatic N) is 1. The molecular formula is C13H24N2O2. The van der Waals surface area contributed by atoms with Crippen LogP contribution in [-0.4, -0.2) is 51.2 Å². The molecule has 4 nitrogen and oxygen atoms in total. The molecule has 98 valence electrons. The van der Waals surface area contributed by atoms with Crippen molar-refractivity contribution >= 4 is 5.97 Å². The summed E-state index contributed by atoms with van der Waals surface area (Å²) in [5.74, 6) is 1.28. The summed E-state index contributed by atoms with van der Waals surface area (Å²) in [4.78, 5) is 14.2. The van der Waals surface area contributed by atoms with Crippen molar-refractivity contribution in [1.29, 1.82) is 0 Å². The van der Waals surface area contributed by atoms with Gasteiger partial charge in [-0.2, -0.15) is 0 Å². The van der Waals surface area contributed by atoms with E-state index in [0.29, 0.717) is 11.8 Å². The van der Waals surface area contributed by atoms with Crippen molar-refractivity contribution in [2.75, 3.05) is 40.3 Å². The summed E-state index contributed by atoms with van der Waals surface area (Å²) in [6.07, 6.45) is 3.58. The molecule has 0 spiro atoms. The van der Waals surface area contributed by atoms with Crippen molar-refractivity contribution in [3.05, 3.63) is 0 Å². The third-order valence-electron chi connectivity index (χ3n) is 4.41. The van der Waals surface area contributed by atoms with Crippen LogP contribution in [0.15, 0.2) is 0 Å². The molecule has 0 bridgehead atoms. The van der Waals surface area contributed by atoms with Crippen LogP contribution in [0.4, 0.5) is 0 Å². The van der Waals surface area contributed by atoms with Gasteiger partial charge in [-0.3, -0.25) is 4.79 Å². The fourth-order valence-corrected chi connectivity index (χ4v) is 3.31. The van der Waals surface area contributed by atoms with Gasteiger partial charge in [0, 0.05) is 6.54 Å². The van der Waals surface area contributed by atoms with Crippen LogP contribution < -0.4 is 5.32 Å². The van der Waals surface area contributed by atoms with Crippen LogP contribution in [0.5, 0.6) is 0 Å². The lowest BCUT2D eigenvalue weighted by atomic mass is 9.73. The minimum atomic E-state index is -0.0267. The summed E-state index contributed by atoms with van der Waals surface area (Å²) in [5.41, 5.74) is 0. The fourth-order valence-electron chi connectivity index (χ4n) is 3.31. The van der Waals surface area contributed by atoms with Gasteiger partial charge in [0.1, 0.15) is 0 Å². The van der Waals surface area contributed by atoms with Gasteiger partial charge in [0.05, 0.1) is 13.0 Å². The van der Waals surface area contributed by atoms with Gasteiger partial charge in [0.15, 0.2) is 0 Å². The number of rotatable bonds is 2. The maximum atomic E-state index is 11.8. The number of carbonyl (C=O) groups excluding carboxylic acids is 1. The van der Waals surface area contributed by atoms with Gasteiger partial charge in [0.2, 0.25) is 0 Å². The Labute approximate surface area is 104 Å². The normalized spacial score (nSPS) is 32.4. The van der Waals surface area contributed by atoms with Gasteiger partial charge in [0.25, 0.3) is 0 Å². The molecule has 0 aromatic rings. The van der Waals surface area contributed by atoms with E-state index in [0.717, 1.165) is 19.5 Å². The first-order valence-corrected chi connectivity index (χ1v) is 6.69. The van der Waals surface area contributed by atoms with Gasteiger partial charge >= 0.3 is 5.97 Å². The van der Waals surface area contributed by atoms with Crippen molar-refractivity contribution in [3.63, 3.8) is 0 Å². The molecule has 0 aromatic carbocycles. The number of carbonyl (C=O) groups is 1. The van der Waals surface area contributed by atoms with Gasteiger partial charge in [-0.25, -0.2) is 0 Å². The molecular weight excluding hydrogens is 216 g/mol. The molecule has 17 heavy (non-hydrogen) atoms. The second-order valence-electron chi connectivity index (χ2n) is 5.43. The fraction of sp³-hybridized carbons (Fsp3) is 0.923. The highest BCUT2D eigenvalue weighted by Gasteiger charge is 2.37. The van der Waals surface area contributed by atoms with Crippen molar-refractivity contribution in [2.45, 2.75) is 19.3 Å². The highest BCUT2D eigenvalue weighted by atomic mass is 16.5. The summed E-state index contributed by atoms with van der Waals surface area (Å²) in [6, 6.07) is 0. The summed E-state index contributed by atoms with van der Waals surface area (Å²) >= 11 is 0. The van der Waals surface area contributed by atoms with E-state index < -0.39 is 0 Å². The summed E-state index contributed by atoms with van der Waals surface area (Å²) in [5, 5.41) is 3.32. The first kappa shape index (κ1) is 12.8. The standard InChI is InChI=1S/C13H24N2O2/c1-15-7-4-10(5-8-15)11-3-6-14-9-12(11)13(16)17-2/h10-12,14H,3-9H2,1-2H3. The predicted octanol–water partition coefficient (Wildman–Crippen LogP) is 0.727. The van der Waals surface area contributed by atoms with E-state index in [-0.39, 0.29) is 11.9 Å². The van der Waals surface area contributed by atoms with Crippen LogP contribution in [0.2, 0.25) is 0 Å². The largest absolute Gasteiger partial charge is 0.469 e. The molecule has 2 saturated heterocycles. The van der Waals surface area contributed by atoms with E-state index in [9.17, 15) is 4.79 Å². The van der Waals surface area contributed by atoms with E-state index in [4.69, 9.17) is 4.74 Å². The van der Waals surface area contributed by atoms with Crippen molar-refractivity contribution in [1.82, 2.24) is 10.2 Å². The summed E-state index contributed by atoms with van der Waals surface area (Å²) in [7, 11) is 3.68. The number of nitrogens with one attached hydrogen (secondary N) is 1. The number of ether oxygens (including phenoxy) is 1. The average molecular weight is 240 g/mol. The minimum Gasteiger partial charge on any atom is -0.469 e. The summed E-state index contributed by atoms with van der Waals surface area (Å²) in [6.45, 7) is 4.18. The van der Waals surface area contributed by atoms with E-state index in [1.54, 1.807) is 0 Å². The van der Waals surface area contributed by atoms with E-state index in [2.05, 4.69) is 17.3 Å². The average Bonchev–Trinajstić information content (AvgIpc) is 2.39. The Morgan fingerprint density at radius 3 is 2.65 bits per heavy atom. The molecule has 0 aromatic heterocycles. The second-order valence-corrected chi connectivity index (χ2v) is 5.43. The lowest BCUT2D eigenvalue weighted by Crippen LogP contribution is -2.46. The first-order chi connectivity index (χ1) is 8.22. The molecule has 2 heterocycles. The zero-order chi connectivity index (χ0) is 12.3. The minimum absolute atomic E-state index is 0.0267. The molecule has 0 saturated carbocycles. The monoisotopic (exact) mass is 240 g/mol. The molecule has 2 fully saturated rings. The quantitative estimate of drug-likeness (QED) is 0.722. The molecule has 2 unspecified atom stereocenters. The zero-order valence-electron chi connectivity index (χ0n) is 10.9. The molecule has 2 atom stereocenters. The maximum Gasteiger partial charge on any atom is 0.310 e. The Morgan fingerprint density at radius 2 is 2.00 bits per heavy atom. The van der Waals surface area contributed by atoms with Crippen molar-refractivity contribution in [3.8, 4) is 0 Å². The van der Waals surface area contributed by atoms with Crippen molar-refractivity contribution in [2.24, 2.45) is 17.8 Å². The van der Waals surface area contributed by atoms with Crippen molar-refractivity contribution < 1.29 is 9.53 Å². The highest BCUT2D eigenvalue weighted by Crippen LogP contribution is 2.34. The van der Waals surface area contributed by atoms with Crippen LogP contribution in [0, 0.1) is 17.8 Å². The lowest BCUT2D eigenvalue weighted by Gasteiger charge is -2.39. The van der Waals surface area contributed by atoms with Gasteiger partial charge in [-0.15, -0.1) is 0 Å². The van der Waals surface area contributed by atoms with Gasteiger partial charge in [-0.05, 0) is 57.8 Å². The third kappa shape index (κ3) is 2.99. The van der Waals surface area contributed by atoms with Crippen LogP contribution >= 0.6 is 0 Å². The first-order valence-electron chi connectivity index (χ1n) is 6.69. The van der Waals surface area contributed by atoms with E-state index >= 15 is 0 Å². The Hall–Kier alpha value is -0.610. The highest BCUT2D eigenvalue weighted by molar-refractivity contribution is 5.73. The van der Waals surface area contributed by atoms with Crippen LogP contribution in [0.25, 0.3) is 0 Å². The molecule has 0 aliphatic carbocycles. The number of esters is 1. The maximum absolute atomic E-state index is 11.8. The van der Waals surface area contributed by atoms with Crippen LogP contribution in [-0.2, 0) is 9.53 Å². The number of likely N-dealkylation sites (tertiary alicyclic amines) is 1. The number of methoxy groups -OCH3 is 1. The van der Waals surface area contributed by atoms with Crippen LogP contribution in [0.3, 0.4) is 0 Å². The second kappa shape index (κ2) is 5.83. The molecule has 2 aliphatic rings. The lowest BCUT2D eigenvalue weighted by molar-refractivity contribution is -0.149. The topological polar surface area (TPSA) is 41.6 Å². The third-order valence-corrected chi connectivity index (χ3v) is 4.41. The number of hydrogen-bond donors (Lipinski definition) is 1. The SMILES string of the molecule is COC(=O)C1CNCCC1C1CCN(C)CC1. The molecule has 2 rings (SSSR count). The van der Waals surface area contributed by atoms with Gasteiger partial charge in [-0.1, -0.05) is 0 Å². The number of piperidine rings is 2. The van der Waals surface area contributed by atoms with Crippen LogP contribution in [0.1, 0.15) is 19.3 Å². The number of hydrogen-bond acceptors (Lipinski definition) is 4. The Bertz CT molecular complexity index is 262. The van der Waals surface area contributed by atoms with E-state index in [1.807, 2.05) is 0 Å². The Kier molecular flexibility index (Phi) is 4.40. The smallest absolute Gasteiger partial charge is 0.310 e. The molecule has 0 radical (unpaired) electrons.